The maximum atomic E-state index is 13.0. The van der Waals surface area contributed by atoms with Crippen LogP contribution in [0.5, 0.6) is 11.5 Å². The van der Waals surface area contributed by atoms with Gasteiger partial charge in [0.1, 0.15) is 11.5 Å². The molecule has 31 heavy (non-hydrogen) atoms. The number of allylic oxidation sites excluding steroid dienone is 4. The molecule has 0 saturated heterocycles. The Hall–Kier alpha value is -3.12. The van der Waals surface area contributed by atoms with Crippen LogP contribution in [0.3, 0.4) is 0 Å². The first kappa shape index (κ1) is 22.6. The van der Waals surface area contributed by atoms with E-state index in [0.717, 1.165) is 17.3 Å². The standard InChI is InChI=1S/C25H24O5S/c1-15(2)10-13-21(31-25(28)16-8-6-5-7-9-16)17-14-20(29-3)22-18(26)11-12-19(27)23(22)24(17)30-4/h5-12,14,21H,13H2,1-4H3. The molecule has 6 heteroatoms. The van der Waals surface area contributed by atoms with E-state index in [4.69, 9.17) is 9.47 Å². The number of rotatable bonds is 7. The molecule has 0 radical (unpaired) electrons. The summed E-state index contributed by atoms with van der Waals surface area (Å²) in [5.74, 6) is -0.0420. The van der Waals surface area contributed by atoms with Gasteiger partial charge >= 0.3 is 0 Å². The average molecular weight is 437 g/mol. The van der Waals surface area contributed by atoms with Crippen LogP contribution in [0, 0.1) is 0 Å². The van der Waals surface area contributed by atoms with Crippen LogP contribution in [0.25, 0.3) is 0 Å². The second-order valence-corrected chi connectivity index (χ2v) is 8.47. The lowest BCUT2D eigenvalue weighted by Gasteiger charge is -2.24. The monoisotopic (exact) mass is 436 g/mol. The van der Waals surface area contributed by atoms with Crippen molar-refractivity contribution in [3.05, 3.63) is 82.5 Å². The van der Waals surface area contributed by atoms with E-state index >= 15 is 0 Å². The molecular weight excluding hydrogens is 412 g/mol. The van der Waals surface area contributed by atoms with Gasteiger partial charge in [-0.25, -0.2) is 0 Å². The van der Waals surface area contributed by atoms with Crippen LogP contribution in [0.2, 0.25) is 0 Å². The summed E-state index contributed by atoms with van der Waals surface area (Å²) in [6.45, 7) is 3.97. The second-order valence-electron chi connectivity index (χ2n) is 7.29. The fourth-order valence-corrected chi connectivity index (χ4v) is 4.46. The lowest BCUT2D eigenvalue weighted by Crippen LogP contribution is -2.17. The highest BCUT2D eigenvalue weighted by Crippen LogP contribution is 2.46. The van der Waals surface area contributed by atoms with E-state index in [1.165, 1.54) is 26.4 Å². The highest BCUT2D eigenvalue weighted by atomic mass is 32.2. The van der Waals surface area contributed by atoms with Gasteiger partial charge in [0.2, 0.25) is 5.12 Å². The number of benzene rings is 2. The van der Waals surface area contributed by atoms with Gasteiger partial charge < -0.3 is 9.47 Å². The number of ketones is 2. The van der Waals surface area contributed by atoms with Crippen LogP contribution in [0.15, 0.2) is 60.2 Å². The summed E-state index contributed by atoms with van der Waals surface area (Å²) in [5.41, 5.74) is 2.71. The Kier molecular flexibility index (Phi) is 7.13. The van der Waals surface area contributed by atoms with Crippen LogP contribution < -0.4 is 9.47 Å². The molecule has 0 aliphatic heterocycles. The molecule has 1 atom stereocenters. The molecule has 160 valence electrons. The fraction of sp³-hybridized carbons (Fsp3) is 0.240. The molecule has 0 spiro atoms. The van der Waals surface area contributed by atoms with Crippen molar-refractivity contribution in [1.29, 1.82) is 0 Å². The van der Waals surface area contributed by atoms with Crippen molar-refractivity contribution in [2.24, 2.45) is 0 Å². The van der Waals surface area contributed by atoms with Crippen molar-refractivity contribution in [3.8, 4) is 11.5 Å². The fourth-order valence-electron chi connectivity index (χ4n) is 3.43. The minimum Gasteiger partial charge on any atom is -0.496 e. The molecule has 0 amide bonds. The molecule has 0 saturated carbocycles. The Labute approximate surface area is 186 Å². The number of carbonyl (C=O) groups excluding carboxylic acids is 3. The molecule has 1 aliphatic rings. The first-order chi connectivity index (χ1) is 14.9. The SMILES string of the molecule is COc1cc(C(CC=C(C)C)SC(=O)c2ccccc2)c(OC)c2c1C(=O)C=CC2=O. The van der Waals surface area contributed by atoms with Gasteiger partial charge in [-0.2, -0.15) is 0 Å². The van der Waals surface area contributed by atoms with Crippen molar-refractivity contribution in [1.82, 2.24) is 0 Å². The molecule has 5 nitrogen and oxygen atoms in total. The van der Waals surface area contributed by atoms with Crippen LogP contribution in [0.4, 0.5) is 0 Å². The van der Waals surface area contributed by atoms with E-state index in [0.29, 0.717) is 29.0 Å². The minimum absolute atomic E-state index is 0.0891. The second kappa shape index (κ2) is 9.79. The third kappa shape index (κ3) is 4.80. The van der Waals surface area contributed by atoms with Gasteiger partial charge in [-0.15, -0.1) is 0 Å². The summed E-state index contributed by atoms with van der Waals surface area (Å²) >= 11 is 1.16. The molecule has 2 aromatic rings. The molecule has 3 rings (SSSR count). The summed E-state index contributed by atoms with van der Waals surface area (Å²) in [6.07, 6.45) is 5.06. The zero-order valence-electron chi connectivity index (χ0n) is 17.9. The highest BCUT2D eigenvalue weighted by molar-refractivity contribution is 8.14. The van der Waals surface area contributed by atoms with E-state index in [2.05, 4.69) is 0 Å². The molecule has 1 aliphatic carbocycles. The highest BCUT2D eigenvalue weighted by Gasteiger charge is 2.32. The van der Waals surface area contributed by atoms with Gasteiger partial charge in [-0.3, -0.25) is 14.4 Å². The van der Waals surface area contributed by atoms with Gasteiger partial charge in [0.25, 0.3) is 0 Å². The molecule has 0 aromatic heterocycles. The van der Waals surface area contributed by atoms with E-state index in [1.54, 1.807) is 18.2 Å². The number of ether oxygens (including phenoxy) is 2. The van der Waals surface area contributed by atoms with Crippen molar-refractivity contribution in [2.75, 3.05) is 14.2 Å². The number of hydrogen-bond donors (Lipinski definition) is 0. The summed E-state index contributed by atoms with van der Waals surface area (Å²) < 4.78 is 11.1. The van der Waals surface area contributed by atoms with E-state index in [1.807, 2.05) is 38.1 Å². The number of fused-ring (bicyclic) bond motifs is 1. The van der Waals surface area contributed by atoms with E-state index < -0.39 is 0 Å². The first-order valence-corrected chi connectivity index (χ1v) is 10.7. The smallest absolute Gasteiger partial charge is 0.219 e. The molecular formula is C25H24O5S. The quantitative estimate of drug-likeness (QED) is 0.526. The Bertz CT molecular complexity index is 1080. The first-order valence-electron chi connectivity index (χ1n) is 9.82. The molecule has 0 heterocycles. The number of hydrogen-bond acceptors (Lipinski definition) is 6. The Morgan fingerprint density at radius 2 is 1.65 bits per heavy atom. The van der Waals surface area contributed by atoms with Gasteiger partial charge in [0, 0.05) is 16.4 Å². The summed E-state index contributed by atoms with van der Waals surface area (Å²) in [6, 6.07) is 10.7. The van der Waals surface area contributed by atoms with E-state index in [-0.39, 0.29) is 33.1 Å². The lowest BCUT2D eigenvalue weighted by molar-refractivity contribution is 0.0988. The number of methoxy groups -OCH3 is 2. The van der Waals surface area contributed by atoms with Crippen molar-refractivity contribution < 1.29 is 23.9 Å². The van der Waals surface area contributed by atoms with Crippen LogP contribution >= 0.6 is 11.8 Å². The minimum atomic E-state index is -0.342. The number of carbonyl (C=O) groups is 3. The van der Waals surface area contributed by atoms with Crippen molar-refractivity contribution >= 4 is 28.4 Å². The Balaban J connectivity index is 2.15. The van der Waals surface area contributed by atoms with Crippen LogP contribution in [0.1, 0.15) is 62.2 Å². The maximum Gasteiger partial charge on any atom is 0.219 e. The van der Waals surface area contributed by atoms with Crippen molar-refractivity contribution in [3.63, 3.8) is 0 Å². The lowest BCUT2D eigenvalue weighted by atomic mass is 9.89. The van der Waals surface area contributed by atoms with Crippen molar-refractivity contribution in [2.45, 2.75) is 25.5 Å². The topological polar surface area (TPSA) is 69.7 Å². The Morgan fingerprint density at radius 3 is 2.23 bits per heavy atom. The average Bonchev–Trinajstić information content (AvgIpc) is 2.78. The molecule has 1 unspecified atom stereocenters. The van der Waals surface area contributed by atoms with Gasteiger partial charge in [0.15, 0.2) is 11.6 Å². The third-order valence-electron chi connectivity index (χ3n) is 4.92. The molecule has 0 N–H and O–H groups in total. The maximum absolute atomic E-state index is 13.0. The third-order valence-corrected chi connectivity index (χ3v) is 6.10. The summed E-state index contributed by atoms with van der Waals surface area (Å²) in [5, 5.41) is -0.431. The molecule has 0 bridgehead atoms. The van der Waals surface area contributed by atoms with E-state index in [9.17, 15) is 14.4 Å². The van der Waals surface area contributed by atoms with Gasteiger partial charge in [-0.05, 0) is 38.5 Å². The predicted octanol–water partition coefficient (Wildman–Crippen LogP) is 5.61. The van der Waals surface area contributed by atoms with Crippen LogP contribution in [-0.4, -0.2) is 30.9 Å². The predicted molar refractivity (Wildman–Crippen MR) is 122 cm³/mol. The molecule has 2 aromatic carbocycles. The Morgan fingerprint density at radius 1 is 1.00 bits per heavy atom. The zero-order chi connectivity index (χ0) is 22.5. The van der Waals surface area contributed by atoms with Gasteiger partial charge in [-0.1, -0.05) is 53.7 Å². The molecule has 0 fully saturated rings. The van der Waals surface area contributed by atoms with Gasteiger partial charge in [0.05, 0.1) is 25.3 Å². The summed E-state index contributed by atoms with van der Waals surface area (Å²) in [7, 11) is 2.92. The zero-order valence-corrected chi connectivity index (χ0v) is 18.7. The largest absolute Gasteiger partial charge is 0.496 e. The van der Waals surface area contributed by atoms with Crippen LogP contribution in [-0.2, 0) is 0 Å². The normalized spacial score (nSPS) is 13.4. The number of thioether (sulfide) groups is 1. The summed E-state index contributed by atoms with van der Waals surface area (Å²) in [4.78, 5) is 38.2.